The second kappa shape index (κ2) is 12.8. The zero-order chi connectivity index (χ0) is 29.5. The Balaban J connectivity index is 1.50. The van der Waals surface area contributed by atoms with Crippen LogP contribution < -0.4 is 29.7 Å². The van der Waals surface area contributed by atoms with Gasteiger partial charge in [0.2, 0.25) is 0 Å². The first-order valence-corrected chi connectivity index (χ1v) is 13.0. The summed E-state index contributed by atoms with van der Waals surface area (Å²) in [4.78, 5) is 52.0. The fourth-order valence-electron chi connectivity index (χ4n) is 4.09. The van der Waals surface area contributed by atoms with Gasteiger partial charge in [-0.1, -0.05) is 31.2 Å². The molecule has 0 saturated carbocycles. The summed E-state index contributed by atoms with van der Waals surface area (Å²) in [5, 5.41) is 5.04. The molecule has 0 spiro atoms. The number of hydrogen-bond donors (Lipinski definition) is 2. The maximum atomic E-state index is 13.4. The van der Waals surface area contributed by atoms with Crippen LogP contribution in [-0.4, -0.2) is 44.1 Å². The lowest BCUT2D eigenvalue weighted by atomic mass is 10.1. The third-order valence-corrected chi connectivity index (χ3v) is 6.17. The van der Waals surface area contributed by atoms with Crippen molar-refractivity contribution < 1.29 is 33.4 Å². The molecule has 1 heterocycles. The Bertz CT molecular complexity index is 1530. The van der Waals surface area contributed by atoms with Gasteiger partial charge in [0.1, 0.15) is 11.3 Å². The van der Waals surface area contributed by atoms with Crippen LogP contribution in [0.2, 0.25) is 0 Å². The van der Waals surface area contributed by atoms with Gasteiger partial charge < -0.3 is 19.5 Å². The normalized spacial score (nSPS) is 14.1. The van der Waals surface area contributed by atoms with Gasteiger partial charge in [-0.05, 0) is 73.4 Å². The summed E-state index contributed by atoms with van der Waals surface area (Å²) in [6, 6.07) is 16.1. The molecular formula is C31H31N3O7. The molecule has 0 unspecified atom stereocenters. The molecule has 10 heteroatoms. The molecule has 0 aromatic heterocycles. The van der Waals surface area contributed by atoms with E-state index in [0.717, 1.165) is 22.4 Å². The summed E-state index contributed by atoms with van der Waals surface area (Å²) in [7, 11) is 1.45. The maximum Gasteiger partial charge on any atom is 0.335 e. The van der Waals surface area contributed by atoms with Crippen LogP contribution in [0.4, 0.5) is 16.2 Å². The third kappa shape index (κ3) is 6.91. The van der Waals surface area contributed by atoms with Crippen LogP contribution >= 0.6 is 0 Å². The number of hydrogen-bond acceptors (Lipinski definition) is 7. The number of nitrogens with zero attached hydrogens (tertiary/aromatic N) is 1. The van der Waals surface area contributed by atoms with Crippen molar-refractivity contribution in [1.82, 2.24) is 5.32 Å². The van der Waals surface area contributed by atoms with Gasteiger partial charge in [0.25, 0.3) is 17.7 Å². The highest BCUT2D eigenvalue weighted by atomic mass is 16.5. The summed E-state index contributed by atoms with van der Waals surface area (Å²) < 4.78 is 16.7. The zero-order valence-electron chi connectivity index (χ0n) is 23.3. The van der Waals surface area contributed by atoms with Gasteiger partial charge in [0.05, 0.1) is 19.4 Å². The predicted molar refractivity (Wildman–Crippen MR) is 154 cm³/mol. The predicted octanol–water partition coefficient (Wildman–Crippen LogP) is 4.78. The highest BCUT2D eigenvalue weighted by Gasteiger charge is 2.37. The van der Waals surface area contributed by atoms with E-state index in [4.69, 9.17) is 14.2 Å². The molecule has 1 aliphatic heterocycles. The van der Waals surface area contributed by atoms with Crippen molar-refractivity contribution in [1.29, 1.82) is 0 Å². The van der Waals surface area contributed by atoms with Gasteiger partial charge in [-0.3, -0.25) is 19.7 Å². The number of amides is 5. The number of rotatable bonds is 10. The highest BCUT2D eigenvalue weighted by molar-refractivity contribution is 6.39. The number of carbonyl (C=O) groups is 4. The number of benzene rings is 3. The zero-order valence-corrected chi connectivity index (χ0v) is 23.3. The lowest BCUT2D eigenvalue weighted by Crippen LogP contribution is -2.54. The van der Waals surface area contributed by atoms with E-state index >= 15 is 0 Å². The van der Waals surface area contributed by atoms with Gasteiger partial charge in [-0.25, -0.2) is 9.69 Å². The topological polar surface area (TPSA) is 123 Å². The molecule has 5 amide bonds. The fraction of sp³-hybridized carbons (Fsp3) is 0.226. The largest absolute Gasteiger partial charge is 0.493 e. The van der Waals surface area contributed by atoms with Crippen LogP contribution in [-0.2, 0) is 14.4 Å². The second-order valence-corrected chi connectivity index (χ2v) is 9.37. The van der Waals surface area contributed by atoms with E-state index < -0.39 is 17.8 Å². The van der Waals surface area contributed by atoms with Crippen molar-refractivity contribution in [2.75, 3.05) is 30.5 Å². The average Bonchev–Trinajstić information content (AvgIpc) is 2.95. The Labute approximate surface area is 237 Å². The van der Waals surface area contributed by atoms with Crippen LogP contribution in [0.15, 0.2) is 66.2 Å². The minimum absolute atomic E-state index is 0.207. The standard InChI is InChI=1S/C31H31N3O7/c1-5-13-40-26-12-11-22(17-27(26)39-4)34-30(37)24(29(36)33-31(34)38)16-21-7-6-8-23(15-21)41-18-28(35)32-25-14-19(2)9-10-20(25)3/h6-12,14-17H,5,13,18H2,1-4H3,(H,32,35)(H,33,36,38)/b24-16-. The Hall–Kier alpha value is -5.12. The SMILES string of the molecule is CCCOc1ccc(N2C(=O)NC(=O)/C(=C/c3cccc(OCC(=O)Nc4cc(C)ccc4C)c3)C2=O)cc1OC. The lowest BCUT2D eigenvalue weighted by Gasteiger charge is -2.27. The second-order valence-electron chi connectivity index (χ2n) is 9.37. The molecule has 41 heavy (non-hydrogen) atoms. The van der Waals surface area contributed by atoms with E-state index in [2.05, 4.69) is 10.6 Å². The Morgan fingerprint density at radius 1 is 0.976 bits per heavy atom. The minimum atomic E-state index is -0.881. The lowest BCUT2D eigenvalue weighted by molar-refractivity contribution is -0.122. The van der Waals surface area contributed by atoms with E-state index in [1.807, 2.05) is 39.0 Å². The van der Waals surface area contributed by atoms with E-state index in [-0.39, 0.29) is 23.8 Å². The van der Waals surface area contributed by atoms with Crippen molar-refractivity contribution in [2.24, 2.45) is 0 Å². The van der Waals surface area contributed by atoms with Crippen LogP contribution in [0.25, 0.3) is 6.08 Å². The molecule has 0 radical (unpaired) electrons. The summed E-state index contributed by atoms with van der Waals surface area (Å²) >= 11 is 0. The molecule has 0 aliphatic carbocycles. The molecule has 10 nitrogen and oxygen atoms in total. The van der Waals surface area contributed by atoms with E-state index in [1.165, 1.54) is 25.3 Å². The van der Waals surface area contributed by atoms with Crippen LogP contribution in [0.5, 0.6) is 17.2 Å². The summed E-state index contributed by atoms with van der Waals surface area (Å²) in [5.41, 5.74) is 3.08. The van der Waals surface area contributed by atoms with E-state index in [0.29, 0.717) is 35.1 Å². The number of carbonyl (C=O) groups excluding carboxylic acids is 4. The smallest absolute Gasteiger partial charge is 0.335 e. The molecule has 2 N–H and O–H groups in total. The average molecular weight is 558 g/mol. The minimum Gasteiger partial charge on any atom is -0.493 e. The number of aryl methyl sites for hydroxylation is 2. The molecule has 4 rings (SSSR count). The molecule has 3 aromatic rings. The van der Waals surface area contributed by atoms with Gasteiger partial charge in [0.15, 0.2) is 18.1 Å². The summed E-state index contributed by atoms with van der Waals surface area (Å²) in [6.45, 7) is 6.04. The monoisotopic (exact) mass is 557 g/mol. The fourth-order valence-corrected chi connectivity index (χ4v) is 4.09. The van der Waals surface area contributed by atoms with Crippen molar-refractivity contribution >= 4 is 41.2 Å². The number of barbiturate groups is 1. The van der Waals surface area contributed by atoms with Gasteiger partial charge >= 0.3 is 6.03 Å². The molecule has 212 valence electrons. The first-order valence-electron chi connectivity index (χ1n) is 13.0. The van der Waals surface area contributed by atoms with Crippen LogP contribution in [0, 0.1) is 13.8 Å². The number of methoxy groups -OCH3 is 1. The Morgan fingerprint density at radius 3 is 2.54 bits per heavy atom. The molecule has 0 atom stereocenters. The first-order chi connectivity index (χ1) is 19.7. The van der Waals surface area contributed by atoms with Gasteiger partial charge in [-0.15, -0.1) is 0 Å². The Morgan fingerprint density at radius 2 is 1.78 bits per heavy atom. The summed E-state index contributed by atoms with van der Waals surface area (Å²) in [5.74, 6) is -0.799. The van der Waals surface area contributed by atoms with E-state index in [9.17, 15) is 19.2 Å². The van der Waals surface area contributed by atoms with Crippen molar-refractivity contribution in [3.05, 3.63) is 82.9 Å². The van der Waals surface area contributed by atoms with Crippen molar-refractivity contribution in [3.63, 3.8) is 0 Å². The summed E-state index contributed by atoms with van der Waals surface area (Å²) in [6.07, 6.45) is 2.15. The molecule has 3 aromatic carbocycles. The van der Waals surface area contributed by atoms with Gasteiger partial charge in [0, 0.05) is 11.8 Å². The van der Waals surface area contributed by atoms with Crippen molar-refractivity contribution in [3.8, 4) is 17.2 Å². The molecule has 0 bridgehead atoms. The number of anilines is 2. The quantitative estimate of drug-likeness (QED) is 0.272. The molecule has 1 aliphatic rings. The first kappa shape index (κ1) is 28.9. The number of imide groups is 2. The third-order valence-electron chi connectivity index (χ3n) is 6.17. The molecular weight excluding hydrogens is 526 g/mol. The number of urea groups is 1. The van der Waals surface area contributed by atoms with Gasteiger partial charge in [-0.2, -0.15) is 0 Å². The van der Waals surface area contributed by atoms with Crippen molar-refractivity contribution in [2.45, 2.75) is 27.2 Å². The van der Waals surface area contributed by atoms with Crippen LogP contribution in [0.3, 0.4) is 0 Å². The van der Waals surface area contributed by atoms with E-state index in [1.54, 1.807) is 30.3 Å². The van der Waals surface area contributed by atoms with Crippen LogP contribution in [0.1, 0.15) is 30.0 Å². The Kier molecular flexibility index (Phi) is 9.03. The highest BCUT2D eigenvalue weighted by Crippen LogP contribution is 2.33. The molecule has 1 saturated heterocycles. The number of ether oxygens (including phenoxy) is 3. The maximum absolute atomic E-state index is 13.4. The molecule has 1 fully saturated rings. The number of nitrogens with one attached hydrogen (secondary N) is 2.